The van der Waals surface area contributed by atoms with Crippen molar-refractivity contribution >= 4 is 5.91 Å². The predicted octanol–water partition coefficient (Wildman–Crippen LogP) is 4.90. The van der Waals surface area contributed by atoms with Gasteiger partial charge in [-0.1, -0.05) is 6.92 Å². The number of carbonyl (C=O) groups is 1. The number of halogens is 4. The SMILES string of the molecule is C[C@@H]1CCCN(C(=O)c2cc(F)cnc2-c2ccn[nH]2)[C@@H]1CCc1ccc(C(F)(F)F)cn1. The van der Waals surface area contributed by atoms with Gasteiger partial charge in [-0.05, 0) is 55.9 Å². The van der Waals surface area contributed by atoms with Gasteiger partial charge in [0.2, 0.25) is 0 Å². The molecule has 174 valence electrons. The molecule has 1 N–H and O–H groups in total. The van der Waals surface area contributed by atoms with Gasteiger partial charge < -0.3 is 4.90 Å². The molecule has 3 aromatic rings. The molecule has 4 heterocycles. The molecule has 0 spiro atoms. The lowest BCUT2D eigenvalue weighted by Gasteiger charge is -2.40. The summed E-state index contributed by atoms with van der Waals surface area (Å²) in [5, 5.41) is 6.64. The number of carbonyl (C=O) groups excluding carboxylic acids is 1. The Kier molecular flexibility index (Phi) is 6.44. The summed E-state index contributed by atoms with van der Waals surface area (Å²) >= 11 is 0. The molecule has 0 saturated carbocycles. The number of rotatable bonds is 5. The molecular weight excluding hydrogens is 438 g/mol. The first-order valence-corrected chi connectivity index (χ1v) is 10.7. The van der Waals surface area contributed by atoms with E-state index in [2.05, 4.69) is 20.2 Å². The average molecular weight is 461 g/mol. The highest BCUT2D eigenvalue weighted by atomic mass is 19.4. The number of alkyl halides is 3. The van der Waals surface area contributed by atoms with Crippen molar-refractivity contribution < 1.29 is 22.4 Å². The fourth-order valence-electron chi connectivity index (χ4n) is 4.34. The van der Waals surface area contributed by atoms with Crippen LogP contribution in [0.5, 0.6) is 0 Å². The van der Waals surface area contributed by atoms with Crippen LogP contribution in [0.3, 0.4) is 0 Å². The van der Waals surface area contributed by atoms with E-state index >= 15 is 0 Å². The largest absolute Gasteiger partial charge is 0.417 e. The van der Waals surface area contributed by atoms with Gasteiger partial charge >= 0.3 is 6.18 Å². The van der Waals surface area contributed by atoms with Crippen molar-refractivity contribution in [3.63, 3.8) is 0 Å². The number of piperidine rings is 1. The number of hydrogen-bond donors (Lipinski definition) is 1. The molecule has 2 atom stereocenters. The lowest BCUT2D eigenvalue weighted by molar-refractivity contribution is -0.137. The number of nitrogens with zero attached hydrogens (tertiary/aromatic N) is 4. The fourth-order valence-corrected chi connectivity index (χ4v) is 4.34. The maximum absolute atomic E-state index is 14.0. The van der Waals surface area contributed by atoms with Crippen LogP contribution < -0.4 is 0 Å². The molecule has 1 amide bonds. The Labute approximate surface area is 188 Å². The Morgan fingerprint density at radius 2 is 2.03 bits per heavy atom. The third-order valence-electron chi connectivity index (χ3n) is 6.07. The van der Waals surface area contributed by atoms with E-state index < -0.39 is 17.6 Å². The number of amides is 1. The van der Waals surface area contributed by atoms with Crippen molar-refractivity contribution in [2.45, 2.75) is 44.8 Å². The molecule has 0 bridgehead atoms. The second kappa shape index (κ2) is 9.29. The van der Waals surface area contributed by atoms with Gasteiger partial charge in [0, 0.05) is 30.7 Å². The van der Waals surface area contributed by atoms with E-state index in [9.17, 15) is 22.4 Å². The standard InChI is InChI=1S/C23H23F4N5O/c1-14-3-2-10-32(20(14)7-6-17-5-4-15(12-28-17)23(25,26)27)22(33)18-11-16(24)13-29-21(18)19-8-9-30-31-19/h4-5,8-9,11-14,20H,2-3,6-7,10H2,1H3,(H,30,31)/t14-,20-/m1/s1. The number of aromatic amines is 1. The van der Waals surface area contributed by atoms with E-state index in [0.29, 0.717) is 36.5 Å². The van der Waals surface area contributed by atoms with Gasteiger partial charge in [-0.15, -0.1) is 0 Å². The van der Waals surface area contributed by atoms with Crippen LogP contribution in [0.2, 0.25) is 0 Å². The van der Waals surface area contributed by atoms with Gasteiger partial charge in [0.25, 0.3) is 5.91 Å². The van der Waals surface area contributed by atoms with Crippen molar-refractivity contribution in [2.24, 2.45) is 5.92 Å². The molecule has 1 saturated heterocycles. The number of aromatic nitrogens is 4. The molecule has 0 aliphatic carbocycles. The third-order valence-corrected chi connectivity index (χ3v) is 6.07. The van der Waals surface area contributed by atoms with Crippen LogP contribution in [0.25, 0.3) is 11.4 Å². The number of aryl methyl sites for hydroxylation is 1. The van der Waals surface area contributed by atoms with Gasteiger partial charge in [-0.2, -0.15) is 18.3 Å². The summed E-state index contributed by atoms with van der Waals surface area (Å²) in [4.78, 5) is 23.3. The summed E-state index contributed by atoms with van der Waals surface area (Å²) in [6, 6.07) is 5.07. The summed E-state index contributed by atoms with van der Waals surface area (Å²) in [6.45, 7) is 2.55. The molecule has 1 aliphatic rings. The van der Waals surface area contributed by atoms with E-state index in [-0.39, 0.29) is 23.4 Å². The summed E-state index contributed by atoms with van der Waals surface area (Å²) in [7, 11) is 0. The van der Waals surface area contributed by atoms with Crippen LogP contribution in [0.15, 0.2) is 42.9 Å². The Morgan fingerprint density at radius 3 is 2.70 bits per heavy atom. The molecular formula is C23H23F4N5O. The van der Waals surface area contributed by atoms with Crippen molar-refractivity contribution in [3.05, 3.63) is 65.5 Å². The molecule has 3 aromatic heterocycles. The zero-order valence-corrected chi connectivity index (χ0v) is 17.9. The monoisotopic (exact) mass is 461 g/mol. The highest BCUT2D eigenvalue weighted by Crippen LogP contribution is 2.31. The highest BCUT2D eigenvalue weighted by Gasteiger charge is 2.34. The van der Waals surface area contributed by atoms with Gasteiger partial charge in [0.1, 0.15) is 11.5 Å². The smallest absolute Gasteiger partial charge is 0.335 e. The van der Waals surface area contributed by atoms with E-state index in [1.165, 1.54) is 18.3 Å². The minimum absolute atomic E-state index is 0.144. The summed E-state index contributed by atoms with van der Waals surface area (Å²) < 4.78 is 52.4. The Hall–Kier alpha value is -3.30. The predicted molar refractivity (Wildman–Crippen MR) is 113 cm³/mol. The van der Waals surface area contributed by atoms with E-state index in [4.69, 9.17) is 0 Å². The van der Waals surface area contributed by atoms with E-state index in [1.807, 2.05) is 6.92 Å². The molecule has 1 aliphatic heterocycles. The molecule has 10 heteroatoms. The van der Waals surface area contributed by atoms with Crippen molar-refractivity contribution in [3.8, 4) is 11.4 Å². The maximum atomic E-state index is 14.0. The highest BCUT2D eigenvalue weighted by molar-refractivity contribution is 5.99. The summed E-state index contributed by atoms with van der Waals surface area (Å²) in [6.07, 6.45) is 1.67. The lowest BCUT2D eigenvalue weighted by Crippen LogP contribution is -2.48. The van der Waals surface area contributed by atoms with Gasteiger partial charge in [0.05, 0.1) is 23.0 Å². The topological polar surface area (TPSA) is 74.8 Å². The van der Waals surface area contributed by atoms with Gasteiger partial charge in [-0.3, -0.25) is 19.9 Å². The molecule has 0 radical (unpaired) electrons. The molecule has 1 fully saturated rings. The van der Waals surface area contributed by atoms with Crippen LogP contribution in [0.4, 0.5) is 17.6 Å². The normalized spacial score (nSPS) is 19.0. The Morgan fingerprint density at radius 1 is 1.21 bits per heavy atom. The van der Waals surface area contributed by atoms with E-state index in [0.717, 1.165) is 31.3 Å². The lowest BCUT2D eigenvalue weighted by atomic mass is 9.86. The first-order chi connectivity index (χ1) is 15.7. The zero-order valence-electron chi connectivity index (χ0n) is 17.9. The summed E-state index contributed by atoms with van der Waals surface area (Å²) in [5.41, 5.74) is 0.706. The first-order valence-electron chi connectivity index (χ1n) is 10.7. The second-order valence-electron chi connectivity index (χ2n) is 8.28. The number of likely N-dealkylation sites (tertiary alicyclic amines) is 1. The number of hydrogen-bond acceptors (Lipinski definition) is 4. The van der Waals surface area contributed by atoms with Crippen molar-refractivity contribution in [1.29, 1.82) is 0 Å². The molecule has 0 aromatic carbocycles. The Balaban J connectivity index is 1.55. The number of nitrogens with one attached hydrogen (secondary N) is 1. The van der Waals surface area contributed by atoms with Crippen LogP contribution in [-0.2, 0) is 12.6 Å². The average Bonchev–Trinajstić information content (AvgIpc) is 3.32. The van der Waals surface area contributed by atoms with Crippen LogP contribution in [0, 0.1) is 11.7 Å². The Bertz CT molecular complexity index is 1100. The van der Waals surface area contributed by atoms with Crippen LogP contribution in [-0.4, -0.2) is 43.6 Å². The van der Waals surface area contributed by atoms with Gasteiger partial charge in [0.15, 0.2) is 0 Å². The number of pyridine rings is 2. The third kappa shape index (κ3) is 5.04. The maximum Gasteiger partial charge on any atom is 0.417 e. The fraction of sp³-hybridized carbons (Fsp3) is 0.391. The molecule has 6 nitrogen and oxygen atoms in total. The minimum Gasteiger partial charge on any atom is -0.335 e. The quantitative estimate of drug-likeness (QED) is 0.549. The zero-order chi connectivity index (χ0) is 23.6. The van der Waals surface area contributed by atoms with Crippen LogP contribution >= 0.6 is 0 Å². The van der Waals surface area contributed by atoms with Gasteiger partial charge in [-0.25, -0.2) is 4.39 Å². The molecule has 33 heavy (non-hydrogen) atoms. The van der Waals surface area contributed by atoms with Crippen LogP contribution in [0.1, 0.15) is 47.8 Å². The molecule has 4 rings (SSSR count). The molecule has 0 unspecified atom stereocenters. The minimum atomic E-state index is -4.43. The number of H-pyrrole nitrogens is 1. The van der Waals surface area contributed by atoms with Crippen molar-refractivity contribution in [1.82, 2.24) is 25.1 Å². The summed E-state index contributed by atoms with van der Waals surface area (Å²) in [5.74, 6) is -0.769. The van der Waals surface area contributed by atoms with E-state index in [1.54, 1.807) is 11.0 Å². The van der Waals surface area contributed by atoms with Crippen molar-refractivity contribution in [2.75, 3.05) is 6.54 Å². The first kappa shape index (κ1) is 22.9. The second-order valence-corrected chi connectivity index (χ2v) is 8.28.